The van der Waals surface area contributed by atoms with E-state index < -0.39 is 0 Å². The maximum atomic E-state index is 6.12. The summed E-state index contributed by atoms with van der Waals surface area (Å²) >= 11 is 0. The van der Waals surface area contributed by atoms with Crippen molar-refractivity contribution < 1.29 is 4.74 Å². The van der Waals surface area contributed by atoms with Crippen molar-refractivity contribution in [3.8, 4) is 5.75 Å². The van der Waals surface area contributed by atoms with Crippen molar-refractivity contribution in [3.63, 3.8) is 0 Å². The molecular weight excluding hydrogens is 264 g/mol. The highest BCUT2D eigenvalue weighted by atomic mass is 16.5. The molecule has 114 valence electrons. The highest BCUT2D eigenvalue weighted by Gasteiger charge is 2.11. The lowest BCUT2D eigenvalue weighted by molar-refractivity contribution is 0.316. The van der Waals surface area contributed by atoms with E-state index in [9.17, 15) is 0 Å². The molecule has 0 aliphatic rings. The highest BCUT2D eigenvalue weighted by Crippen LogP contribution is 2.34. The Bertz CT molecular complexity index is 596. The maximum absolute atomic E-state index is 6.12. The fourth-order valence-corrected chi connectivity index (χ4v) is 2.44. The molecule has 5 heteroatoms. The molecule has 1 aromatic carbocycles. The van der Waals surface area contributed by atoms with Gasteiger partial charge < -0.3 is 20.7 Å². The number of nitrogens with two attached hydrogens (primary N) is 1. The number of likely N-dealkylation sites (N-methyl/N-ethyl adjacent to an activating group) is 1. The molecule has 0 unspecified atom stereocenters. The minimum absolute atomic E-state index is 0.634. The van der Waals surface area contributed by atoms with E-state index >= 15 is 0 Å². The molecule has 0 fully saturated rings. The number of benzene rings is 1. The first-order chi connectivity index (χ1) is 10.2. The van der Waals surface area contributed by atoms with E-state index in [-0.39, 0.29) is 0 Å². The Hall–Kier alpha value is -2.01. The van der Waals surface area contributed by atoms with Gasteiger partial charge in [-0.2, -0.15) is 0 Å². The van der Waals surface area contributed by atoms with Crippen LogP contribution >= 0.6 is 0 Å². The van der Waals surface area contributed by atoms with Crippen molar-refractivity contribution in [2.75, 3.05) is 44.3 Å². The van der Waals surface area contributed by atoms with Crippen molar-refractivity contribution >= 4 is 22.3 Å². The second kappa shape index (κ2) is 7.13. The molecule has 3 N–H and O–H groups in total. The summed E-state index contributed by atoms with van der Waals surface area (Å²) in [6.07, 6.45) is 1.78. The zero-order valence-electron chi connectivity index (χ0n) is 13.0. The summed E-state index contributed by atoms with van der Waals surface area (Å²) in [4.78, 5) is 6.82. The summed E-state index contributed by atoms with van der Waals surface area (Å²) < 4.78 is 5.36. The predicted molar refractivity (Wildman–Crippen MR) is 89.0 cm³/mol. The molecule has 2 aromatic rings. The molecule has 5 nitrogen and oxygen atoms in total. The molecule has 0 aliphatic heterocycles. The molecule has 0 saturated heterocycles. The number of hydrogen-bond acceptors (Lipinski definition) is 5. The standard InChI is InChI=1S/C16H24N4O/c1-4-20(5-2)10-9-18-13-11-14(21-3)15(17)12-7-6-8-19-16(12)13/h6-8,11,18H,4-5,9-10,17H2,1-3H3. The Kier molecular flexibility index (Phi) is 5.22. The average Bonchev–Trinajstić information content (AvgIpc) is 2.53. The van der Waals surface area contributed by atoms with Crippen LogP contribution in [-0.4, -0.2) is 43.2 Å². The van der Waals surface area contributed by atoms with Gasteiger partial charge in [0.1, 0.15) is 5.75 Å². The first-order valence-electron chi connectivity index (χ1n) is 7.38. The molecule has 0 saturated carbocycles. The number of fused-ring (bicyclic) bond motifs is 1. The quantitative estimate of drug-likeness (QED) is 0.767. The second-order valence-corrected chi connectivity index (χ2v) is 4.89. The van der Waals surface area contributed by atoms with Gasteiger partial charge in [0.15, 0.2) is 0 Å². The number of nitrogens with one attached hydrogen (secondary N) is 1. The molecule has 0 amide bonds. The molecule has 0 atom stereocenters. The summed E-state index contributed by atoms with van der Waals surface area (Å²) in [6, 6.07) is 5.78. The molecule has 1 heterocycles. The topological polar surface area (TPSA) is 63.4 Å². The van der Waals surface area contributed by atoms with Crippen LogP contribution in [0.3, 0.4) is 0 Å². The van der Waals surface area contributed by atoms with E-state index in [4.69, 9.17) is 10.5 Å². The Labute approximate surface area is 126 Å². The summed E-state index contributed by atoms with van der Waals surface area (Å²) in [6.45, 7) is 8.32. The third-order valence-electron chi connectivity index (χ3n) is 3.75. The van der Waals surface area contributed by atoms with Crippen molar-refractivity contribution in [2.24, 2.45) is 0 Å². The normalized spacial score (nSPS) is 11.0. The average molecular weight is 288 g/mol. The number of rotatable bonds is 7. The number of anilines is 2. The molecule has 21 heavy (non-hydrogen) atoms. The summed E-state index contributed by atoms with van der Waals surface area (Å²) in [5.74, 6) is 0.681. The van der Waals surface area contributed by atoms with E-state index in [1.807, 2.05) is 18.2 Å². The summed E-state index contributed by atoms with van der Waals surface area (Å²) in [7, 11) is 1.63. The van der Waals surface area contributed by atoms with Crippen molar-refractivity contribution in [1.29, 1.82) is 0 Å². The van der Waals surface area contributed by atoms with Gasteiger partial charge in [-0.05, 0) is 25.2 Å². The molecule has 0 aliphatic carbocycles. The van der Waals surface area contributed by atoms with Gasteiger partial charge in [0.25, 0.3) is 0 Å². The number of hydrogen-bond donors (Lipinski definition) is 2. The lowest BCUT2D eigenvalue weighted by atomic mass is 10.1. The number of nitrogen functional groups attached to an aromatic ring is 1. The van der Waals surface area contributed by atoms with E-state index in [0.717, 1.165) is 42.8 Å². The van der Waals surface area contributed by atoms with Crippen LogP contribution in [0.1, 0.15) is 13.8 Å². The minimum Gasteiger partial charge on any atom is -0.494 e. The first-order valence-corrected chi connectivity index (χ1v) is 7.38. The van der Waals surface area contributed by atoms with E-state index in [1.165, 1.54) is 0 Å². The van der Waals surface area contributed by atoms with Crippen molar-refractivity contribution in [1.82, 2.24) is 9.88 Å². The zero-order valence-corrected chi connectivity index (χ0v) is 13.0. The third kappa shape index (κ3) is 3.36. The number of ether oxygens (including phenoxy) is 1. The van der Waals surface area contributed by atoms with Gasteiger partial charge in [0.2, 0.25) is 0 Å². The van der Waals surface area contributed by atoms with Gasteiger partial charge in [-0.1, -0.05) is 13.8 Å². The van der Waals surface area contributed by atoms with Crippen LogP contribution in [0, 0.1) is 0 Å². The van der Waals surface area contributed by atoms with Crippen LogP contribution in [0.25, 0.3) is 10.9 Å². The molecule has 0 radical (unpaired) electrons. The smallest absolute Gasteiger partial charge is 0.144 e. The molecule has 0 bridgehead atoms. The zero-order chi connectivity index (χ0) is 15.2. The van der Waals surface area contributed by atoms with Crippen LogP contribution < -0.4 is 15.8 Å². The molecular formula is C16H24N4O. The number of methoxy groups -OCH3 is 1. The van der Waals surface area contributed by atoms with E-state index in [2.05, 4.69) is 29.0 Å². The number of nitrogens with zero attached hydrogens (tertiary/aromatic N) is 2. The Morgan fingerprint density at radius 1 is 1.33 bits per heavy atom. The van der Waals surface area contributed by atoms with Gasteiger partial charge >= 0.3 is 0 Å². The number of aromatic nitrogens is 1. The monoisotopic (exact) mass is 288 g/mol. The predicted octanol–water partition coefficient (Wildman–Crippen LogP) is 2.58. The lowest BCUT2D eigenvalue weighted by Crippen LogP contribution is -2.28. The summed E-state index contributed by atoms with van der Waals surface area (Å²) in [5, 5.41) is 4.37. The van der Waals surface area contributed by atoms with Crippen LogP contribution in [0.4, 0.5) is 11.4 Å². The molecule has 1 aromatic heterocycles. The Morgan fingerprint density at radius 3 is 2.76 bits per heavy atom. The minimum atomic E-state index is 0.634. The number of pyridine rings is 1. The fraction of sp³-hybridized carbons (Fsp3) is 0.438. The summed E-state index contributed by atoms with van der Waals surface area (Å²) in [5.41, 5.74) is 8.60. The van der Waals surface area contributed by atoms with Gasteiger partial charge in [0, 0.05) is 30.7 Å². The second-order valence-electron chi connectivity index (χ2n) is 4.89. The Balaban J connectivity index is 2.24. The van der Waals surface area contributed by atoms with Crippen molar-refractivity contribution in [3.05, 3.63) is 24.4 Å². The largest absolute Gasteiger partial charge is 0.494 e. The first kappa shape index (κ1) is 15.4. The highest BCUT2D eigenvalue weighted by molar-refractivity contribution is 6.01. The maximum Gasteiger partial charge on any atom is 0.144 e. The van der Waals surface area contributed by atoms with E-state index in [1.54, 1.807) is 13.3 Å². The molecule has 0 spiro atoms. The third-order valence-corrected chi connectivity index (χ3v) is 3.75. The van der Waals surface area contributed by atoms with Gasteiger partial charge in [-0.25, -0.2) is 0 Å². The van der Waals surface area contributed by atoms with Crippen LogP contribution in [0.5, 0.6) is 5.75 Å². The van der Waals surface area contributed by atoms with Crippen LogP contribution in [0.15, 0.2) is 24.4 Å². The SMILES string of the molecule is CCN(CC)CCNc1cc(OC)c(N)c2cccnc12. The lowest BCUT2D eigenvalue weighted by Gasteiger charge is -2.19. The Morgan fingerprint density at radius 2 is 2.10 bits per heavy atom. The fourth-order valence-electron chi connectivity index (χ4n) is 2.44. The van der Waals surface area contributed by atoms with Crippen LogP contribution in [-0.2, 0) is 0 Å². The van der Waals surface area contributed by atoms with Gasteiger partial charge in [-0.15, -0.1) is 0 Å². The van der Waals surface area contributed by atoms with Gasteiger partial charge in [-0.3, -0.25) is 4.98 Å². The van der Waals surface area contributed by atoms with Crippen LogP contribution in [0.2, 0.25) is 0 Å². The van der Waals surface area contributed by atoms with E-state index in [0.29, 0.717) is 11.4 Å². The molecule has 2 rings (SSSR count). The van der Waals surface area contributed by atoms with Crippen molar-refractivity contribution in [2.45, 2.75) is 13.8 Å². The van der Waals surface area contributed by atoms with Gasteiger partial charge in [0.05, 0.1) is 24.0 Å².